The molecule has 1 rings (SSSR count). The van der Waals surface area contributed by atoms with Gasteiger partial charge in [0.15, 0.2) is 11.6 Å². The molecule has 0 saturated carbocycles. The molecule has 3 heteroatoms. The molecule has 0 spiro atoms. The van der Waals surface area contributed by atoms with E-state index in [1.807, 2.05) is 6.92 Å². The monoisotopic (exact) mass is 212 g/mol. The van der Waals surface area contributed by atoms with Crippen LogP contribution in [0.2, 0.25) is 0 Å². The van der Waals surface area contributed by atoms with Crippen LogP contribution in [-0.4, -0.2) is 5.78 Å². The van der Waals surface area contributed by atoms with Crippen molar-refractivity contribution in [3.05, 3.63) is 35.4 Å². The molecule has 82 valence electrons. The summed E-state index contributed by atoms with van der Waals surface area (Å²) in [6, 6.07) is 3.85. The van der Waals surface area contributed by atoms with Crippen molar-refractivity contribution in [1.29, 1.82) is 0 Å². The second-order valence-corrected chi connectivity index (χ2v) is 3.49. The van der Waals surface area contributed by atoms with E-state index in [2.05, 4.69) is 0 Å². The molecule has 1 nitrogen and oxygen atoms in total. The second kappa shape index (κ2) is 5.59. The summed E-state index contributed by atoms with van der Waals surface area (Å²) in [6.45, 7) is 1.82. The summed E-state index contributed by atoms with van der Waals surface area (Å²) in [7, 11) is 0. The highest BCUT2D eigenvalue weighted by Gasteiger charge is 2.03. The van der Waals surface area contributed by atoms with Crippen LogP contribution in [0.25, 0.3) is 0 Å². The topological polar surface area (TPSA) is 17.1 Å². The van der Waals surface area contributed by atoms with E-state index in [4.69, 9.17) is 0 Å². The Kier molecular flexibility index (Phi) is 4.40. The van der Waals surface area contributed by atoms with Gasteiger partial charge in [-0.05, 0) is 30.5 Å². The number of hydrogen-bond donors (Lipinski definition) is 0. The second-order valence-electron chi connectivity index (χ2n) is 3.49. The molecular formula is C12H14F2O. The average molecular weight is 212 g/mol. The van der Waals surface area contributed by atoms with Crippen LogP contribution in [0.4, 0.5) is 8.78 Å². The third-order valence-corrected chi connectivity index (χ3v) is 2.30. The summed E-state index contributed by atoms with van der Waals surface area (Å²) in [5, 5.41) is 0. The summed E-state index contributed by atoms with van der Waals surface area (Å²) in [5.74, 6) is -1.45. The zero-order chi connectivity index (χ0) is 11.3. The van der Waals surface area contributed by atoms with Crippen LogP contribution in [0, 0.1) is 11.6 Å². The fraction of sp³-hybridized carbons (Fsp3) is 0.417. The summed E-state index contributed by atoms with van der Waals surface area (Å²) in [6.07, 6.45) is 2.36. The first-order valence-electron chi connectivity index (χ1n) is 5.09. The predicted octanol–water partition coefficient (Wildman–Crippen LogP) is 3.27. The van der Waals surface area contributed by atoms with Crippen molar-refractivity contribution in [2.45, 2.75) is 32.6 Å². The van der Waals surface area contributed by atoms with Crippen molar-refractivity contribution in [3.8, 4) is 0 Å². The lowest BCUT2D eigenvalue weighted by Crippen LogP contribution is -1.97. The van der Waals surface area contributed by atoms with Crippen LogP contribution in [0.5, 0.6) is 0 Å². The molecule has 0 aliphatic rings. The van der Waals surface area contributed by atoms with Gasteiger partial charge in [-0.1, -0.05) is 13.0 Å². The lowest BCUT2D eigenvalue weighted by atomic mass is 10.1. The Morgan fingerprint density at radius 1 is 1.27 bits per heavy atom. The maximum atomic E-state index is 12.8. The van der Waals surface area contributed by atoms with Gasteiger partial charge in [-0.3, -0.25) is 4.79 Å². The minimum atomic E-state index is -0.830. The van der Waals surface area contributed by atoms with E-state index >= 15 is 0 Å². The largest absolute Gasteiger partial charge is 0.300 e. The molecule has 0 heterocycles. The number of hydrogen-bond acceptors (Lipinski definition) is 1. The summed E-state index contributed by atoms with van der Waals surface area (Å²) < 4.78 is 25.4. The molecule has 0 atom stereocenters. The molecule has 0 bridgehead atoms. The van der Waals surface area contributed by atoms with Crippen LogP contribution in [0.1, 0.15) is 31.7 Å². The maximum Gasteiger partial charge on any atom is 0.159 e. The molecule has 0 aliphatic carbocycles. The first-order valence-corrected chi connectivity index (χ1v) is 5.09. The van der Waals surface area contributed by atoms with Crippen LogP contribution >= 0.6 is 0 Å². The van der Waals surface area contributed by atoms with Crippen LogP contribution < -0.4 is 0 Å². The molecule has 1 aromatic rings. The summed E-state index contributed by atoms with van der Waals surface area (Å²) in [5.41, 5.74) is 0.734. The Hall–Kier alpha value is -1.25. The number of ketones is 1. The van der Waals surface area contributed by atoms with Crippen molar-refractivity contribution in [3.63, 3.8) is 0 Å². The van der Waals surface area contributed by atoms with Crippen LogP contribution in [0.3, 0.4) is 0 Å². The Morgan fingerprint density at radius 3 is 2.60 bits per heavy atom. The minimum absolute atomic E-state index is 0.206. The quantitative estimate of drug-likeness (QED) is 0.732. The first kappa shape index (κ1) is 11.8. The van der Waals surface area contributed by atoms with E-state index in [1.54, 1.807) is 6.07 Å². The van der Waals surface area contributed by atoms with Gasteiger partial charge in [0, 0.05) is 12.8 Å². The molecule has 0 aliphatic heterocycles. The molecule has 0 unspecified atom stereocenters. The molecular weight excluding hydrogens is 198 g/mol. The average Bonchev–Trinajstić information content (AvgIpc) is 2.23. The van der Waals surface area contributed by atoms with E-state index < -0.39 is 11.6 Å². The zero-order valence-electron chi connectivity index (χ0n) is 8.72. The summed E-state index contributed by atoms with van der Waals surface area (Å²) in [4.78, 5) is 11.0. The highest BCUT2D eigenvalue weighted by atomic mass is 19.2. The Labute approximate surface area is 88.1 Å². The third kappa shape index (κ3) is 3.78. The van der Waals surface area contributed by atoms with Crippen LogP contribution in [0.15, 0.2) is 18.2 Å². The number of aryl methyl sites for hydroxylation is 1. The van der Waals surface area contributed by atoms with Gasteiger partial charge in [0.1, 0.15) is 5.78 Å². The zero-order valence-corrected chi connectivity index (χ0v) is 8.72. The number of carbonyl (C=O) groups excluding carboxylic acids is 1. The van der Waals surface area contributed by atoms with E-state index in [1.165, 1.54) is 6.07 Å². The number of halogens is 2. The van der Waals surface area contributed by atoms with Gasteiger partial charge < -0.3 is 0 Å². The number of Topliss-reactive ketones (excluding diaryl/α,β-unsaturated/α-hetero) is 1. The lowest BCUT2D eigenvalue weighted by molar-refractivity contribution is -0.118. The Bertz CT molecular complexity index is 347. The van der Waals surface area contributed by atoms with Gasteiger partial charge >= 0.3 is 0 Å². The maximum absolute atomic E-state index is 12.8. The number of rotatable bonds is 5. The summed E-state index contributed by atoms with van der Waals surface area (Å²) >= 11 is 0. The predicted molar refractivity (Wildman–Crippen MR) is 54.6 cm³/mol. The van der Waals surface area contributed by atoms with Gasteiger partial charge in [-0.25, -0.2) is 8.78 Å². The number of benzene rings is 1. The molecule has 0 amide bonds. The first-order chi connectivity index (χ1) is 7.13. The van der Waals surface area contributed by atoms with Crippen molar-refractivity contribution in [1.82, 2.24) is 0 Å². The van der Waals surface area contributed by atoms with Crippen molar-refractivity contribution in [2.24, 2.45) is 0 Å². The third-order valence-electron chi connectivity index (χ3n) is 2.30. The van der Waals surface area contributed by atoms with Gasteiger partial charge in [0.2, 0.25) is 0 Å². The normalized spacial score (nSPS) is 10.3. The van der Waals surface area contributed by atoms with Crippen molar-refractivity contribution in [2.75, 3.05) is 0 Å². The molecule has 0 aromatic heterocycles. The van der Waals surface area contributed by atoms with Gasteiger partial charge in [-0.2, -0.15) is 0 Å². The fourth-order valence-electron chi connectivity index (χ4n) is 1.36. The fourth-order valence-corrected chi connectivity index (χ4v) is 1.36. The van der Waals surface area contributed by atoms with E-state index in [-0.39, 0.29) is 5.78 Å². The smallest absolute Gasteiger partial charge is 0.159 e. The standard InChI is InChI=1S/C12H14F2O/c1-2-10(15)5-3-4-9-6-7-11(13)12(14)8-9/h6-8H,2-5H2,1H3. The minimum Gasteiger partial charge on any atom is -0.300 e. The highest BCUT2D eigenvalue weighted by molar-refractivity contribution is 5.77. The van der Waals surface area contributed by atoms with E-state index in [0.717, 1.165) is 11.6 Å². The number of carbonyl (C=O) groups is 1. The molecule has 0 fully saturated rings. The Morgan fingerprint density at radius 2 is 2.00 bits per heavy atom. The van der Waals surface area contributed by atoms with Crippen LogP contribution in [-0.2, 0) is 11.2 Å². The van der Waals surface area contributed by atoms with Gasteiger partial charge in [0.05, 0.1) is 0 Å². The molecule has 0 N–H and O–H groups in total. The molecule has 15 heavy (non-hydrogen) atoms. The van der Waals surface area contributed by atoms with E-state index in [0.29, 0.717) is 25.7 Å². The van der Waals surface area contributed by atoms with Gasteiger partial charge in [-0.15, -0.1) is 0 Å². The van der Waals surface area contributed by atoms with Crippen molar-refractivity contribution >= 4 is 5.78 Å². The van der Waals surface area contributed by atoms with Crippen molar-refractivity contribution < 1.29 is 13.6 Å². The molecule has 1 aromatic carbocycles. The molecule has 0 radical (unpaired) electrons. The molecule has 0 saturated heterocycles. The van der Waals surface area contributed by atoms with E-state index in [9.17, 15) is 13.6 Å². The van der Waals surface area contributed by atoms with Gasteiger partial charge in [0.25, 0.3) is 0 Å². The lowest BCUT2D eigenvalue weighted by Gasteiger charge is -2.01. The Balaban J connectivity index is 2.44. The SMILES string of the molecule is CCC(=O)CCCc1ccc(F)c(F)c1. The highest BCUT2D eigenvalue weighted by Crippen LogP contribution is 2.11.